The zero-order valence-electron chi connectivity index (χ0n) is 12.4. The highest BCUT2D eigenvalue weighted by Crippen LogP contribution is 2.11. The number of aryl methyl sites for hydroxylation is 1. The number of nitrogens with one attached hydrogen (secondary N) is 2. The van der Waals surface area contributed by atoms with Crippen LogP contribution in [0.2, 0.25) is 0 Å². The van der Waals surface area contributed by atoms with Crippen molar-refractivity contribution in [3.63, 3.8) is 0 Å². The molecular formula is C14H18Cl2N2O5. The molecular weight excluding hydrogens is 347 g/mol. The van der Waals surface area contributed by atoms with Crippen LogP contribution in [-0.2, 0) is 0 Å². The third-order valence-corrected chi connectivity index (χ3v) is 2.67. The van der Waals surface area contributed by atoms with E-state index in [-0.39, 0.29) is 11.1 Å². The lowest BCUT2D eigenvalue weighted by atomic mass is 10.1. The Balaban J connectivity index is 0.000000398. The molecule has 4 N–H and O–H groups in total. The van der Waals surface area contributed by atoms with Gasteiger partial charge in [0.05, 0.1) is 11.1 Å². The van der Waals surface area contributed by atoms with Gasteiger partial charge in [-0.1, -0.05) is 6.07 Å². The Morgan fingerprint density at radius 1 is 0.957 bits per heavy atom. The maximum Gasteiger partial charge on any atom is 0.335 e. The Morgan fingerprint density at radius 2 is 1.39 bits per heavy atom. The van der Waals surface area contributed by atoms with E-state index in [0.717, 1.165) is 32.2 Å². The number of piperazine rings is 1. The lowest BCUT2D eigenvalue weighted by Crippen LogP contribution is -2.39. The van der Waals surface area contributed by atoms with Gasteiger partial charge in [-0.25, -0.2) is 9.59 Å². The van der Waals surface area contributed by atoms with Crippen LogP contribution >= 0.6 is 23.2 Å². The van der Waals surface area contributed by atoms with Gasteiger partial charge in [0, 0.05) is 26.2 Å². The number of benzene rings is 1. The summed E-state index contributed by atoms with van der Waals surface area (Å²) < 4.78 is -0.889. The van der Waals surface area contributed by atoms with Gasteiger partial charge >= 0.3 is 16.6 Å². The third-order valence-electron chi connectivity index (χ3n) is 2.67. The molecule has 0 spiro atoms. The van der Waals surface area contributed by atoms with Crippen LogP contribution in [0.3, 0.4) is 0 Å². The summed E-state index contributed by atoms with van der Waals surface area (Å²) in [6.45, 7) is 6.18. The molecule has 0 saturated carbocycles. The molecule has 23 heavy (non-hydrogen) atoms. The SMILES string of the molecule is C1CNCCN1.Cc1ccc(C(=O)O)cc1C(=O)O.O=C(Cl)Cl. The first-order valence-electron chi connectivity index (χ1n) is 6.59. The molecule has 9 heteroatoms. The van der Waals surface area contributed by atoms with Crippen LogP contribution in [0.5, 0.6) is 0 Å². The van der Waals surface area contributed by atoms with Gasteiger partial charge in [-0.05, 0) is 47.8 Å². The highest BCUT2D eigenvalue weighted by atomic mass is 35.5. The number of hydrogen-bond acceptors (Lipinski definition) is 5. The summed E-state index contributed by atoms with van der Waals surface area (Å²) in [7, 11) is 0. The van der Waals surface area contributed by atoms with E-state index >= 15 is 0 Å². The molecule has 1 fully saturated rings. The van der Waals surface area contributed by atoms with Crippen molar-refractivity contribution < 1.29 is 24.6 Å². The molecule has 1 aliphatic heterocycles. The second kappa shape index (κ2) is 11.8. The topological polar surface area (TPSA) is 116 Å². The van der Waals surface area contributed by atoms with E-state index in [0.29, 0.717) is 5.56 Å². The van der Waals surface area contributed by atoms with E-state index in [9.17, 15) is 9.59 Å². The molecule has 1 aromatic carbocycles. The van der Waals surface area contributed by atoms with Gasteiger partial charge in [0.2, 0.25) is 0 Å². The number of hydrogen-bond donors (Lipinski definition) is 4. The summed E-state index contributed by atoms with van der Waals surface area (Å²) in [5.41, 5.74) is 0.570. The van der Waals surface area contributed by atoms with Crippen LogP contribution < -0.4 is 10.6 Å². The fraction of sp³-hybridized carbons (Fsp3) is 0.357. The number of aromatic carboxylic acids is 2. The molecule has 7 nitrogen and oxygen atoms in total. The molecule has 2 rings (SSSR count). The van der Waals surface area contributed by atoms with Crippen LogP contribution in [0.1, 0.15) is 26.3 Å². The van der Waals surface area contributed by atoms with E-state index in [4.69, 9.17) is 15.0 Å². The van der Waals surface area contributed by atoms with Crippen molar-refractivity contribution >= 4 is 39.8 Å². The molecule has 0 bridgehead atoms. The van der Waals surface area contributed by atoms with Gasteiger partial charge in [0.1, 0.15) is 0 Å². The monoisotopic (exact) mass is 364 g/mol. The van der Waals surface area contributed by atoms with Gasteiger partial charge in [-0.3, -0.25) is 4.79 Å². The number of carbonyl (C=O) groups is 3. The molecule has 0 atom stereocenters. The standard InChI is InChI=1S/C9H8O4.C4H10N2.CCl2O/c1-5-2-3-6(8(10)11)4-7(5)9(12)13;1-2-6-4-3-5-1;2-1(3)4/h2-4H,1H3,(H,10,11)(H,12,13);5-6H,1-4H2;. The van der Waals surface area contributed by atoms with Crippen molar-refractivity contribution in [2.24, 2.45) is 0 Å². The fourth-order valence-corrected chi connectivity index (χ4v) is 1.59. The first-order chi connectivity index (χ1) is 10.8. The number of carboxylic acids is 2. The van der Waals surface area contributed by atoms with Crippen molar-refractivity contribution in [2.75, 3.05) is 26.2 Å². The van der Waals surface area contributed by atoms with E-state index in [1.165, 1.54) is 12.1 Å². The summed E-state index contributed by atoms with van der Waals surface area (Å²) in [6.07, 6.45) is 0. The second-order valence-electron chi connectivity index (χ2n) is 4.37. The smallest absolute Gasteiger partial charge is 0.335 e. The molecule has 128 valence electrons. The Labute approximate surface area is 143 Å². The summed E-state index contributed by atoms with van der Waals surface area (Å²) >= 11 is 8.80. The highest BCUT2D eigenvalue weighted by Gasteiger charge is 2.10. The third kappa shape index (κ3) is 10.6. The maximum absolute atomic E-state index is 10.6. The fourth-order valence-electron chi connectivity index (χ4n) is 1.59. The van der Waals surface area contributed by atoms with Crippen LogP contribution in [0.15, 0.2) is 18.2 Å². The summed E-state index contributed by atoms with van der Waals surface area (Å²) in [6, 6.07) is 4.01. The van der Waals surface area contributed by atoms with Crippen LogP contribution in [-0.4, -0.2) is 53.0 Å². The number of carbonyl (C=O) groups excluding carboxylic acids is 1. The largest absolute Gasteiger partial charge is 0.478 e. The number of carboxylic acid groups (broad SMARTS) is 2. The van der Waals surface area contributed by atoms with E-state index < -0.39 is 16.6 Å². The molecule has 0 amide bonds. The molecule has 1 aliphatic rings. The van der Waals surface area contributed by atoms with Gasteiger partial charge in [-0.15, -0.1) is 0 Å². The zero-order valence-corrected chi connectivity index (χ0v) is 13.9. The maximum atomic E-state index is 10.6. The van der Waals surface area contributed by atoms with Gasteiger partial charge in [-0.2, -0.15) is 0 Å². The second-order valence-corrected chi connectivity index (χ2v) is 5.25. The van der Waals surface area contributed by atoms with E-state index in [1.54, 1.807) is 6.92 Å². The molecule has 1 aromatic rings. The lowest BCUT2D eigenvalue weighted by Gasteiger charge is -2.11. The van der Waals surface area contributed by atoms with E-state index in [2.05, 4.69) is 33.8 Å². The van der Waals surface area contributed by atoms with Crippen molar-refractivity contribution in [1.82, 2.24) is 10.6 Å². The Morgan fingerprint density at radius 3 is 1.70 bits per heavy atom. The average molecular weight is 365 g/mol. The van der Waals surface area contributed by atoms with Crippen molar-refractivity contribution in [1.29, 1.82) is 0 Å². The highest BCUT2D eigenvalue weighted by molar-refractivity contribution is 6.93. The summed E-state index contributed by atoms with van der Waals surface area (Å²) in [5, 5.41) is 23.7. The molecule has 0 radical (unpaired) electrons. The van der Waals surface area contributed by atoms with Gasteiger partial charge in [0.15, 0.2) is 0 Å². The first kappa shape index (κ1) is 21.3. The molecule has 0 unspecified atom stereocenters. The quantitative estimate of drug-likeness (QED) is 0.594. The van der Waals surface area contributed by atoms with Crippen molar-refractivity contribution in [3.8, 4) is 0 Å². The zero-order chi connectivity index (χ0) is 17.8. The van der Waals surface area contributed by atoms with Crippen LogP contribution in [0, 0.1) is 6.92 Å². The minimum Gasteiger partial charge on any atom is -0.478 e. The van der Waals surface area contributed by atoms with Crippen LogP contribution in [0.25, 0.3) is 0 Å². The molecule has 1 saturated heterocycles. The number of rotatable bonds is 2. The Hall–Kier alpha value is -1.67. The van der Waals surface area contributed by atoms with Gasteiger partial charge in [0.25, 0.3) is 0 Å². The summed E-state index contributed by atoms with van der Waals surface area (Å²) in [4.78, 5) is 30.1. The van der Waals surface area contributed by atoms with Gasteiger partial charge < -0.3 is 20.8 Å². The predicted octanol–water partition coefficient (Wildman–Crippen LogP) is 2.15. The Kier molecular flexibility index (Phi) is 11.0. The van der Waals surface area contributed by atoms with E-state index in [1.807, 2.05) is 0 Å². The normalized spacial score (nSPS) is 12.8. The van der Waals surface area contributed by atoms with Crippen molar-refractivity contribution in [3.05, 3.63) is 34.9 Å². The lowest BCUT2D eigenvalue weighted by molar-refractivity contribution is 0.0695. The van der Waals surface area contributed by atoms with Crippen molar-refractivity contribution in [2.45, 2.75) is 6.92 Å². The molecule has 1 heterocycles. The minimum absolute atomic E-state index is 0.0111. The summed E-state index contributed by atoms with van der Waals surface area (Å²) in [5.74, 6) is -2.23. The Bertz CT molecular complexity index is 532. The minimum atomic E-state index is -1.12. The van der Waals surface area contributed by atoms with Crippen LogP contribution in [0.4, 0.5) is 4.79 Å². The first-order valence-corrected chi connectivity index (χ1v) is 7.35. The predicted molar refractivity (Wildman–Crippen MR) is 87.9 cm³/mol. The molecule has 0 aromatic heterocycles. The average Bonchev–Trinajstić information content (AvgIpc) is 2.49. The number of halogens is 2. The molecule has 0 aliphatic carbocycles.